The van der Waals surface area contributed by atoms with Crippen molar-refractivity contribution < 1.29 is 9.84 Å². The summed E-state index contributed by atoms with van der Waals surface area (Å²) < 4.78 is 5.37. The maximum absolute atomic E-state index is 10.2. The van der Waals surface area contributed by atoms with Gasteiger partial charge in [0.15, 0.2) is 0 Å². The van der Waals surface area contributed by atoms with Gasteiger partial charge in [-0.15, -0.1) is 0 Å². The molecule has 0 radical (unpaired) electrons. The van der Waals surface area contributed by atoms with E-state index < -0.39 is 5.60 Å². The number of rotatable bonds is 4. The first-order valence-corrected chi connectivity index (χ1v) is 7.46. The normalized spacial score (nSPS) is 34.1. The molecule has 2 atom stereocenters. The van der Waals surface area contributed by atoms with Crippen molar-refractivity contribution in [2.24, 2.45) is 5.92 Å². The molecule has 2 N–H and O–H groups in total. The summed E-state index contributed by atoms with van der Waals surface area (Å²) in [5, 5.41) is 13.7. The highest BCUT2D eigenvalue weighted by molar-refractivity contribution is 7.99. The Morgan fingerprint density at radius 2 is 2.25 bits per heavy atom. The van der Waals surface area contributed by atoms with Crippen LogP contribution in [-0.4, -0.2) is 48.0 Å². The van der Waals surface area contributed by atoms with Crippen LogP contribution in [0.5, 0.6) is 0 Å². The van der Waals surface area contributed by atoms with Crippen LogP contribution >= 0.6 is 11.8 Å². The highest BCUT2D eigenvalue weighted by Gasteiger charge is 2.32. The molecule has 0 amide bonds. The van der Waals surface area contributed by atoms with Gasteiger partial charge in [-0.1, -0.05) is 0 Å². The van der Waals surface area contributed by atoms with Crippen molar-refractivity contribution in [2.45, 2.75) is 37.8 Å². The van der Waals surface area contributed by atoms with Crippen LogP contribution in [0.2, 0.25) is 0 Å². The topological polar surface area (TPSA) is 41.5 Å². The van der Waals surface area contributed by atoms with Crippen LogP contribution in [0.1, 0.15) is 26.2 Å². The average molecular weight is 245 g/mol. The van der Waals surface area contributed by atoms with Crippen LogP contribution in [-0.2, 0) is 4.74 Å². The molecule has 2 saturated heterocycles. The van der Waals surface area contributed by atoms with Gasteiger partial charge in [0.25, 0.3) is 0 Å². The van der Waals surface area contributed by atoms with Crippen LogP contribution in [0, 0.1) is 5.92 Å². The van der Waals surface area contributed by atoms with Crippen LogP contribution in [0.15, 0.2) is 0 Å². The molecular formula is C12H23NO2S. The lowest BCUT2D eigenvalue weighted by molar-refractivity contribution is 0.0412. The zero-order chi connectivity index (χ0) is 11.4. The molecule has 0 aromatic rings. The van der Waals surface area contributed by atoms with Crippen LogP contribution in [0.4, 0.5) is 0 Å². The summed E-state index contributed by atoms with van der Waals surface area (Å²) >= 11 is 1.86. The Bertz CT molecular complexity index is 213. The van der Waals surface area contributed by atoms with Gasteiger partial charge in [-0.05, 0) is 37.9 Å². The maximum atomic E-state index is 10.2. The van der Waals surface area contributed by atoms with E-state index in [1.165, 1.54) is 0 Å². The number of nitrogens with one attached hydrogen (secondary N) is 1. The lowest BCUT2D eigenvalue weighted by atomic mass is 9.92. The quantitative estimate of drug-likeness (QED) is 0.782. The van der Waals surface area contributed by atoms with Gasteiger partial charge >= 0.3 is 0 Å². The molecule has 2 aliphatic rings. The molecule has 3 nitrogen and oxygen atoms in total. The monoisotopic (exact) mass is 245 g/mol. The summed E-state index contributed by atoms with van der Waals surface area (Å²) in [6.07, 6.45) is 3.24. The molecule has 0 aromatic heterocycles. The van der Waals surface area contributed by atoms with Gasteiger partial charge in [-0.2, -0.15) is 11.8 Å². The van der Waals surface area contributed by atoms with Gasteiger partial charge in [0.2, 0.25) is 0 Å². The summed E-state index contributed by atoms with van der Waals surface area (Å²) in [4.78, 5) is 0. The fourth-order valence-electron chi connectivity index (χ4n) is 2.47. The van der Waals surface area contributed by atoms with Crippen molar-refractivity contribution in [3.05, 3.63) is 0 Å². The molecule has 94 valence electrons. The Labute approximate surface area is 102 Å². The number of ether oxygens (including phenoxy) is 1. The van der Waals surface area contributed by atoms with Gasteiger partial charge in [0.1, 0.15) is 0 Å². The lowest BCUT2D eigenvalue weighted by Crippen LogP contribution is -2.46. The molecule has 4 heteroatoms. The van der Waals surface area contributed by atoms with E-state index in [0.717, 1.165) is 50.5 Å². The fraction of sp³-hybridized carbons (Fsp3) is 1.00. The second-order valence-corrected chi connectivity index (χ2v) is 6.25. The van der Waals surface area contributed by atoms with Crippen molar-refractivity contribution in [1.29, 1.82) is 0 Å². The van der Waals surface area contributed by atoms with Crippen molar-refractivity contribution in [2.75, 3.05) is 31.3 Å². The predicted molar refractivity (Wildman–Crippen MR) is 67.9 cm³/mol. The smallest absolute Gasteiger partial charge is 0.0869 e. The van der Waals surface area contributed by atoms with E-state index in [9.17, 15) is 5.11 Å². The van der Waals surface area contributed by atoms with E-state index in [1.54, 1.807) is 0 Å². The number of aliphatic hydroxyl groups is 1. The zero-order valence-corrected chi connectivity index (χ0v) is 10.9. The SMILES string of the molecule is CC(NCC1(O)CCSC1)C1CCOCC1. The molecule has 2 rings (SSSR count). The Hall–Kier alpha value is 0.230. The molecule has 0 spiro atoms. The highest BCUT2D eigenvalue weighted by Crippen LogP contribution is 2.27. The Kier molecular flexibility index (Phi) is 4.53. The maximum Gasteiger partial charge on any atom is 0.0869 e. The van der Waals surface area contributed by atoms with Crippen molar-refractivity contribution in [1.82, 2.24) is 5.32 Å². The highest BCUT2D eigenvalue weighted by atomic mass is 32.2. The van der Waals surface area contributed by atoms with Crippen molar-refractivity contribution in [3.8, 4) is 0 Å². The van der Waals surface area contributed by atoms with Gasteiger partial charge in [-0.3, -0.25) is 0 Å². The van der Waals surface area contributed by atoms with E-state index in [2.05, 4.69) is 12.2 Å². The molecule has 0 saturated carbocycles. The second-order valence-electron chi connectivity index (χ2n) is 5.15. The largest absolute Gasteiger partial charge is 0.388 e. The van der Waals surface area contributed by atoms with Crippen LogP contribution in [0.25, 0.3) is 0 Å². The summed E-state index contributed by atoms with van der Waals surface area (Å²) in [5.74, 6) is 2.70. The van der Waals surface area contributed by atoms with Gasteiger partial charge in [-0.25, -0.2) is 0 Å². The Morgan fingerprint density at radius 3 is 2.88 bits per heavy atom. The standard InChI is InChI=1S/C12H23NO2S/c1-10(11-2-5-15-6-3-11)13-8-12(14)4-7-16-9-12/h10-11,13-14H,2-9H2,1H3. The summed E-state index contributed by atoms with van der Waals surface area (Å²) in [6, 6.07) is 0.499. The Morgan fingerprint density at radius 1 is 1.50 bits per heavy atom. The number of hydrogen-bond donors (Lipinski definition) is 2. The minimum Gasteiger partial charge on any atom is -0.388 e. The van der Waals surface area contributed by atoms with Gasteiger partial charge in [0, 0.05) is 31.6 Å². The van der Waals surface area contributed by atoms with E-state index in [-0.39, 0.29) is 0 Å². The number of hydrogen-bond acceptors (Lipinski definition) is 4. The van der Waals surface area contributed by atoms with E-state index in [1.807, 2.05) is 11.8 Å². The molecule has 16 heavy (non-hydrogen) atoms. The first-order valence-electron chi connectivity index (χ1n) is 6.31. The first kappa shape index (κ1) is 12.7. The minimum atomic E-state index is -0.454. The van der Waals surface area contributed by atoms with Gasteiger partial charge < -0.3 is 15.2 Å². The molecular weight excluding hydrogens is 222 g/mol. The van der Waals surface area contributed by atoms with Crippen LogP contribution < -0.4 is 5.32 Å². The molecule has 2 heterocycles. The van der Waals surface area contributed by atoms with Crippen molar-refractivity contribution in [3.63, 3.8) is 0 Å². The molecule has 0 aromatic carbocycles. The molecule has 0 bridgehead atoms. The van der Waals surface area contributed by atoms with E-state index in [4.69, 9.17) is 4.74 Å². The molecule has 0 aliphatic carbocycles. The third kappa shape index (κ3) is 3.36. The third-order valence-electron chi connectivity index (χ3n) is 3.81. The average Bonchev–Trinajstić information content (AvgIpc) is 2.75. The number of thioether (sulfide) groups is 1. The summed E-state index contributed by atoms with van der Waals surface area (Å²) in [5.41, 5.74) is -0.454. The second kappa shape index (κ2) is 5.71. The summed E-state index contributed by atoms with van der Waals surface area (Å²) in [7, 11) is 0. The minimum absolute atomic E-state index is 0.454. The van der Waals surface area contributed by atoms with E-state index >= 15 is 0 Å². The third-order valence-corrected chi connectivity index (χ3v) is 5.04. The molecule has 2 unspecified atom stereocenters. The van der Waals surface area contributed by atoms with E-state index in [0.29, 0.717) is 12.0 Å². The fourth-order valence-corrected chi connectivity index (χ4v) is 3.76. The molecule has 2 aliphatic heterocycles. The van der Waals surface area contributed by atoms with Crippen molar-refractivity contribution >= 4 is 11.8 Å². The first-order chi connectivity index (χ1) is 7.70. The predicted octanol–water partition coefficient (Wildman–Crippen LogP) is 1.26. The Balaban J connectivity index is 1.71. The zero-order valence-electron chi connectivity index (χ0n) is 10.1. The van der Waals surface area contributed by atoms with Gasteiger partial charge in [0.05, 0.1) is 5.60 Å². The molecule has 2 fully saturated rings. The lowest BCUT2D eigenvalue weighted by Gasteiger charge is -2.31. The summed E-state index contributed by atoms with van der Waals surface area (Å²) in [6.45, 7) is 4.79. The van der Waals surface area contributed by atoms with Crippen LogP contribution in [0.3, 0.4) is 0 Å².